The fourth-order valence-corrected chi connectivity index (χ4v) is 3.77. The molecule has 1 aliphatic rings. The maximum atomic E-state index is 12.4. The lowest BCUT2D eigenvalue weighted by Crippen LogP contribution is -2.59. The van der Waals surface area contributed by atoms with Gasteiger partial charge in [0.2, 0.25) is 15.9 Å². The number of amides is 1. The van der Waals surface area contributed by atoms with Gasteiger partial charge in [0.25, 0.3) is 0 Å². The SMILES string of the molecule is CCCS(=O)(=O)NC(C)C(=O)N1CC(CO)OC(C)(C)C1. The van der Waals surface area contributed by atoms with Gasteiger partial charge in [0.1, 0.15) is 0 Å². The van der Waals surface area contributed by atoms with Gasteiger partial charge in [-0.05, 0) is 27.2 Å². The Kier molecular flexibility index (Phi) is 6.15. The maximum Gasteiger partial charge on any atom is 0.240 e. The van der Waals surface area contributed by atoms with Gasteiger partial charge in [-0.3, -0.25) is 4.79 Å². The van der Waals surface area contributed by atoms with Gasteiger partial charge in [-0.25, -0.2) is 13.1 Å². The Bertz CT molecular complexity index is 463. The largest absolute Gasteiger partial charge is 0.394 e. The van der Waals surface area contributed by atoms with E-state index in [9.17, 15) is 18.3 Å². The van der Waals surface area contributed by atoms with Crippen molar-refractivity contribution in [1.82, 2.24) is 9.62 Å². The Morgan fingerprint density at radius 2 is 2.14 bits per heavy atom. The zero-order valence-corrected chi connectivity index (χ0v) is 13.9. The van der Waals surface area contributed by atoms with Crippen molar-refractivity contribution in [2.45, 2.75) is 51.9 Å². The summed E-state index contributed by atoms with van der Waals surface area (Å²) >= 11 is 0. The molecule has 124 valence electrons. The minimum Gasteiger partial charge on any atom is -0.394 e. The molecule has 1 heterocycles. The van der Waals surface area contributed by atoms with Crippen LogP contribution in [0.1, 0.15) is 34.1 Å². The summed E-state index contributed by atoms with van der Waals surface area (Å²) in [4.78, 5) is 13.9. The van der Waals surface area contributed by atoms with Crippen molar-refractivity contribution >= 4 is 15.9 Å². The van der Waals surface area contributed by atoms with E-state index in [0.29, 0.717) is 13.0 Å². The van der Waals surface area contributed by atoms with Crippen molar-refractivity contribution in [2.75, 3.05) is 25.4 Å². The van der Waals surface area contributed by atoms with E-state index in [-0.39, 0.29) is 24.8 Å². The number of carbonyl (C=O) groups is 1. The van der Waals surface area contributed by atoms with Crippen molar-refractivity contribution in [2.24, 2.45) is 0 Å². The van der Waals surface area contributed by atoms with E-state index in [4.69, 9.17) is 4.74 Å². The minimum atomic E-state index is -3.44. The number of morpholine rings is 1. The topological polar surface area (TPSA) is 95.9 Å². The van der Waals surface area contributed by atoms with Crippen LogP contribution in [0.25, 0.3) is 0 Å². The molecule has 0 aromatic heterocycles. The molecule has 2 atom stereocenters. The second-order valence-corrected chi connectivity index (χ2v) is 7.93. The van der Waals surface area contributed by atoms with Crippen LogP contribution in [-0.2, 0) is 19.6 Å². The summed E-state index contributed by atoms with van der Waals surface area (Å²) in [6.45, 7) is 7.42. The van der Waals surface area contributed by atoms with Gasteiger partial charge in [0, 0.05) is 13.1 Å². The van der Waals surface area contributed by atoms with Gasteiger partial charge < -0.3 is 14.7 Å². The van der Waals surface area contributed by atoms with Crippen LogP contribution in [0.5, 0.6) is 0 Å². The summed E-state index contributed by atoms with van der Waals surface area (Å²) in [7, 11) is -3.44. The fourth-order valence-electron chi connectivity index (χ4n) is 2.48. The molecule has 2 N–H and O–H groups in total. The molecule has 0 radical (unpaired) electrons. The number of aliphatic hydroxyl groups is 1. The van der Waals surface area contributed by atoms with Crippen LogP contribution >= 0.6 is 0 Å². The Morgan fingerprint density at radius 1 is 1.52 bits per heavy atom. The third kappa shape index (κ3) is 5.54. The lowest BCUT2D eigenvalue weighted by Gasteiger charge is -2.43. The highest BCUT2D eigenvalue weighted by Crippen LogP contribution is 2.21. The average Bonchev–Trinajstić information content (AvgIpc) is 2.34. The molecule has 0 spiro atoms. The van der Waals surface area contributed by atoms with Crippen LogP contribution in [0.15, 0.2) is 0 Å². The molecule has 1 saturated heterocycles. The van der Waals surface area contributed by atoms with E-state index < -0.39 is 27.8 Å². The smallest absolute Gasteiger partial charge is 0.240 e. The highest BCUT2D eigenvalue weighted by molar-refractivity contribution is 7.89. The first-order chi connectivity index (χ1) is 9.60. The highest BCUT2D eigenvalue weighted by atomic mass is 32.2. The molecule has 21 heavy (non-hydrogen) atoms. The van der Waals surface area contributed by atoms with Crippen LogP contribution < -0.4 is 4.72 Å². The summed E-state index contributed by atoms with van der Waals surface area (Å²) in [5.41, 5.74) is -0.566. The van der Waals surface area contributed by atoms with Crippen molar-refractivity contribution in [3.05, 3.63) is 0 Å². The van der Waals surface area contributed by atoms with Gasteiger partial charge in [-0.2, -0.15) is 0 Å². The fraction of sp³-hybridized carbons (Fsp3) is 0.923. The molecule has 0 aliphatic carbocycles. The van der Waals surface area contributed by atoms with Gasteiger partial charge in [0.05, 0.1) is 30.1 Å². The predicted octanol–water partition coefficient (Wildman–Crippen LogP) is -0.297. The van der Waals surface area contributed by atoms with Crippen molar-refractivity contribution in [3.63, 3.8) is 0 Å². The molecule has 8 heteroatoms. The second kappa shape index (κ2) is 7.04. The number of rotatable bonds is 6. The van der Waals surface area contributed by atoms with Crippen LogP contribution in [0, 0.1) is 0 Å². The summed E-state index contributed by atoms with van der Waals surface area (Å²) in [5.74, 6) is -0.303. The minimum absolute atomic E-state index is 0.00150. The number of hydrogen-bond acceptors (Lipinski definition) is 5. The quantitative estimate of drug-likeness (QED) is 0.700. The zero-order chi connectivity index (χ0) is 16.3. The Labute approximate surface area is 126 Å². The number of nitrogens with zero attached hydrogens (tertiary/aromatic N) is 1. The summed E-state index contributed by atoms with van der Waals surface area (Å²) in [5, 5.41) is 9.24. The number of ether oxygens (including phenoxy) is 1. The van der Waals surface area contributed by atoms with Gasteiger partial charge >= 0.3 is 0 Å². The standard InChI is InChI=1S/C13H26N2O5S/c1-5-6-21(18,19)14-10(2)12(17)15-7-11(8-16)20-13(3,4)9-15/h10-11,14,16H,5-9H2,1-4H3. The third-order valence-corrected chi connectivity index (χ3v) is 4.85. The highest BCUT2D eigenvalue weighted by Gasteiger charge is 2.37. The third-order valence-electron chi connectivity index (χ3n) is 3.20. The normalized spacial score (nSPS) is 23.9. The molecule has 1 rings (SSSR count). The molecule has 1 amide bonds. The summed E-state index contributed by atoms with van der Waals surface area (Å²) in [6.07, 6.45) is 0.0464. The molecular formula is C13H26N2O5S. The maximum absolute atomic E-state index is 12.4. The lowest BCUT2D eigenvalue weighted by atomic mass is 10.0. The van der Waals surface area contributed by atoms with Crippen LogP contribution in [-0.4, -0.2) is 67.5 Å². The number of nitrogens with one attached hydrogen (secondary N) is 1. The number of sulfonamides is 1. The second-order valence-electron chi connectivity index (χ2n) is 6.06. The molecule has 0 aromatic rings. The van der Waals surface area contributed by atoms with E-state index in [0.717, 1.165) is 0 Å². The molecular weight excluding hydrogens is 296 g/mol. The van der Waals surface area contributed by atoms with Crippen molar-refractivity contribution in [3.8, 4) is 0 Å². The van der Waals surface area contributed by atoms with E-state index in [2.05, 4.69) is 4.72 Å². The molecule has 2 unspecified atom stereocenters. The van der Waals surface area contributed by atoms with E-state index >= 15 is 0 Å². The van der Waals surface area contributed by atoms with E-state index in [1.807, 2.05) is 13.8 Å². The molecule has 0 bridgehead atoms. The molecule has 1 fully saturated rings. The Balaban J connectivity index is 2.73. The van der Waals surface area contributed by atoms with Crippen LogP contribution in [0.3, 0.4) is 0 Å². The van der Waals surface area contributed by atoms with E-state index in [1.165, 1.54) is 6.92 Å². The first-order valence-corrected chi connectivity index (χ1v) is 8.83. The Morgan fingerprint density at radius 3 is 2.67 bits per heavy atom. The summed E-state index contributed by atoms with van der Waals surface area (Å²) in [6, 6.07) is -0.824. The van der Waals surface area contributed by atoms with E-state index in [1.54, 1.807) is 11.8 Å². The van der Waals surface area contributed by atoms with Gasteiger partial charge in [-0.1, -0.05) is 6.92 Å². The zero-order valence-electron chi connectivity index (χ0n) is 13.1. The first kappa shape index (κ1) is 18.3. The number of hydrogen-bond donors (Lipinski definition) is 2. The molecule has 0 saturated carbocycles. The summed E-state index contributed by atoms with van der Waals surface area (Å²) < 4.78 is 31.5. The lowest BCUT2D eigenvalue weighted by molar-refractivity contribution is -0.167. The monoisotopic (exact) mass is 322 g/mol. The van der Waals surface area contributed by atoms with Crippen molar-refractivity contribution < 1.29 is 23.1 Å². The first-order valence-electron chi connectivity index (χ1n) is 7.17. The number of aliphatic hydroxyl groups excluding tert-OH is 1. The van der Waals surface area contributed by atoms with Gasteiger partial charge in [0.15, 0.2) is 0 Å². The van der Waals surface area contributed by atoms with Gasteiger partial charge in [-0.15, -0.1) is 0 Å². The van der Waals surface area contributed by atoms with Crippen LogP contribution in [0.4, 0.5) is 0 Å². The van der Waals surface area contributed by atoms with Crippen LogP contribution in [0.2, 0.25) is 0 Å². The molecule has 1 aliphatic heterocycles. The predicted molar refractivity (Wildman–Crippen MR) is 79.3 cm³/mol. The molecule has 0 aromatic carbocycles. The Hall–Kier alpha value is -0.700. The van der Waals surface area contributed by atoms with Crippen molar-refractivity contribution in [1.29, 1.82) is 0 Å². The average molecular weight is 322 g/mol. The molecule has 7 nitrogen and oxygen atoms in total. The number of carbonyl (C=O) groups excluding carboxylic acids is 1.